The molecule has 0 unspecified atom stereocenters. The third-order valence-electron chi connectivity index (χ3n) is 6.45. The second-order valence-electron chi connectivity index (χ2n) is 8.64. The van der Waals surface area contributed by atoms with E-state index in [1.54, 1.807) is 18.3 Å². The number of nitrogens with zero attached hydrogens (tertiary/aromatic N) is 2. The molecule has 2 atom stereocenters. The Kier molecular flexibility index (Phi) is 6.93. The summed E-state index contributed by atoms with van der Waals surface area (Å²) in [6, 6.07) is 41.4. The highest BCUT2D eigenvalue weighted by Crippen LogP contribution is 2.47. The molecule has 0 N–H and O–H groups in total. The zero-order valence-electron chi connectivity index (χ0n) is 19.6. The van der Waals surface area contributed by atoms with Gasteiger partial charge in [0.25, 0.3) is 0 Å². The summed E-state index contributed by atoms with van der Waals surface area (Å²) in [5, 5.41) is 12.9. The number of carbonyl (C=O) groups excluding carboxylic acids is 1. The van der Waals surface area contributed by atoms with E-state index in [0.29, 0.717) is 5.56 Å². The molecule has 36 heavy (non-hydrogen) atoms. The van der Waals surface area contributed by atoms with Gasteiger partial charge < -0.3 is 0 Å². The fraction of sp³-hybridized carbons (Fsp3) is 0.0938. The van der Waals surface area contributed by atoms with Gasteiger partial charge in [-0.2, -0.15) is 5.26 Å². The van der Waals surface area contributed by atoms with Crippen LogP contribution >= 0.6 is 11.8 Å². The summed E-state index contributed by atoms with van der Waals surface area (Å²) in [5.41, 5.74) is 0.744. The summed E-state index contributed by atoms with van der Waals surface area (Å²) < 4.78 is 0. The lowest BCUT2D eigenvalue weighted by atomic mass is 9.67. The van der Waals surface area contributed by atoms with Crippen molar-refractivity contribution in [3.8, 4) is 6.07 Å². The summed E-state index contributed by atoms with van der Waals surface area (Å²) in [6.45, 7) is 0. The molecule has 0 saturated heterocycles. The summed E-state index contributed by atoms with van der Waals surface area (Å²) >= 11 is 1.53. The maximum atomic E-state index is 14.4. The van der Waals surface area contributed by atoms with Crippen molar-refractivity contribution in [2.24, 2.45) is 5.41 Å². The van der Waals surface area contributed by atoms with Crippen LogP contribution in [0.2, 0.25) is 0 Å². The average Bonchev–Trinajstić information content (AvgIpc) is 2.96. The van der Waals surface area contributed by atoms with Gasteiger partial charge in [0.2, 0.25) is 0 Å². The van der Waals surface area contributed by atoms with Crippen molar-refractivity contribution < 1.29 is 4.79 Å². The van der Waals surface area contributed by atoms with Crippen LogP contribution in [0.5, 0.6) is 0 Å². The predicted molar refractivity (Wildman–Crippen MR) is 146 cm³/mol. The predicted octanol–water partition coefficient (Wildman–Crippen LogP) is 7.55. The maximum absolute atomic E-state index is 14.4. The second kappa shape index (κ2) is 10.6. The lowest BCUT2D eigenvalue weighted by Crippen LogP contribution is -2.40. The zero-order chi connectivity index (χ0) is 24.8. The van der Waals surface area contributed by atoms with Crippen LogP contribution in [0.3, 0.4) is 0 Å². The maximum Gasteiger partial charge on any atom is 0.184 e. The molecule has 4 heteroatoms. The number of Topliss-reactive ketones (excluding diaryl/α,β-unsaturated/α-hetero) is 1. The van der Waals surface area contributed by atoms with Crippen molar-refractivity contribution in [2.45, 2.75) is 10.8 Å². The highest BCUT2D eigenvalue weighted by Gasteiger charge is 2.49. The fourth-order valence-corrected chi connectivity index (χ4v) is 5.79. The number of thioether (sulfide) groups is 1. The Labute approximate surface area is 215 Å². The van der Waals surface area contributed by atoms with Gasteiger partial charge in [-0.15, -0.1) is 11.8 Å². The fourth-order valence-electron chi connectivity index (χ4n) is 4.68. The molecule has 0 saturated carbocycles. The first kappa shape index (κ1) is 23.5. The topological polar surface area (TPSA) is 53.8 Å². The summed E-state index contributed by atoms with van der Waals surface area (Å²) in [6.07, 6.45) is 1.77. The van der Waals surface area contributed by atoms with Crippen LogP contribution < -0.4 is 0 Å². The Morgan fingerprint density at radius 2 is 1.42 bits per heavy atom. The number of fused-ring (bicyclic) bond motifs is 1. The molecule has 1 aromatic heterocycles. The average molecular weight is 485 g/mol. The van der Waals surface area contributed by atoms with E-state index in [9.17, 15) is 10.1 Å². The van der Waals surface area contributed by atoms with Crippen LogP contribution in [-0.4, -0.2) is 16.5 Å². The second-order valence-corrected chi connectivity index (χ2v) is 9.69. The third-order valence-corrected chi connectivity index (χ3v) is 7.66. The lowest BCUT2D eigenvalue weighted by Gasteiger charge is -2.34. The van der Waals surface area contributed by atoms with E-state index in [-0.39, 0.29) is 11.5 Å². The molecule has 0 radical (unpaired) electrons. The van der Waals surface area contributed by atoms with E-state index in [0.717, 1.165) is 26.9 Å². The minimum Gasteiger partial charge on any atom is -0.292 e. The van der Waals surface area contributed by atoms with Crippen LogP contribution in [0.25, 0.3) is 10.8 Å². The van der Waals surface area contributed by atoms with Crippen molar-refractivity contribution >= 4 is 28.3 Å². The van der Waals surface area contributed by atoms with Gasteiger partial charge in [0.1, 0.15) is 5.41 Å². The molecule has 0 bridgehead atoms. The number of ketones is 1. The Hall–Kier alpha value is -4.20. The molecule has 1 heterocycles. The first-order chi connectivity index (χ1) is 17.7. The molecule has 0 aliphatic rings. The molecular formula is C32H24N2OS. The summed E-state index contributed by atoms with van der Waals surface area (Å²) in [5.74, 6) is -0.484. The number of hydrogen-bond donors (Lipinski definition) is 0. The minimum atomic E-state index is -1.40. The number of nitriles is 1. The number of hydrogen-bond acceptors (Lipinski definition) is 4. The van der Waals surface area contributed by atoms with Gasteiger partial charge in [-0.25, -0.2) is 0 Å². The van der Waals surface area contributed by atoms with Gasteiger partial charge in [-0.05, 0) is 29.1 Å². The normalized spacial score (nSPS) is 13.4. The number of pyridine rings is 1. The van der Waals surface area contributed by atoms with E-state index in [4.69, 9.17) is 4.98 Å². The van der Waals surface area contributed by atoms with E-state index in [2.05, 4.69) is 6.07 Å². The van der Waals surface area contributed by atoms with E-state index >= 15 is 0 Å². The molecule has 0 aliphatic carbocycles. The van der Waals surface area contributed by atoms with Crippen LogP contribution in [0.15, 0.2) is 132 Å². The van der Waals surface area contributed by atoms with Gasteiger partial charge in [-0.1, -0.05) is 103 Å². The lowest BCUT2D eigenvalue weighted by molar-refractivity contribution is 0.0864. The highest BCUT2D eigenvalue weighted by molar-refractivity contribution is 7.99. The Balaban J connectivity index is 1.76. The van der Waals surface area contributed by atoms with Crippen LogP contribution in [0.4, 0.5) is 0 Å². The van der Waals surface area contributed by atoms with Crippen molar-refractivity contribution in [3.05, 3.63) is 144 Å². The largest absolute Gasteiger partial charge is 0.292 e. The summed E-state index contributed by atoms with van der Waals surface area (Å²) in [7, 11) is 0. The molecule has 5 rings (SSSR count). The number of carbonyl (C=O) groups is 1. The quantitative estimate of drug-likeness (QED) is 0.168. The van der Waals surface area contributed by atoms with Crippen LogP contribution in [0, 0.1) is 16.7 Å². The molecule has 0 aliphatic heterocycles. The van der Waals surface area contributed by atoms with Crippen molar-refractivity contribution in [3.63, 3.8) is 0 Å². The van der Waals surface area contributed by atoms with Crippen molar-refractivity contribution in [2.75, 3.05) is 5.75 Å². The Morgan fingerprint density at radius 1 is 0.806 bits per heavy atom. The highest BCUT2D eigenvalue weighted by atomic mass is 32.2. The van der Waals surface area contributed by atoms with Gasteiger partial charge in [0, 0.05) is 27.8 Å². The molecule has 0 spiro atoms. The molecule has 4 aromatic carbocycles. The van der Waals surface area contributed by atoms with E-state index < -0.39 is 11.3 Å². The van der Waals surface area contributed by atoms with Gasteiger partial charge >= 0.3 is 0 Å². The van der Waals surface area contributed by atoms with E-state index in [1.807, 2.05) is 109 Å². The monoisotopic (exact) mass is 484 g/mol. The Bertz CT molecular complexity index is 1510. The molecule has 0 amide bonds. The first-order valence-corrected chi connectivity index (χ1v) is 12.8. The smallest absolute Gasteiger partial charge is 0.184 e. The van der Waals surface area contributed by atoms with Crippen molar-refractivity contribution in [1.29, 1.82) is 5.26 Å². The van der Waals surface area contributed by atoms with E-state index in [1.165, 1.54) is 11.8 Å². The SMILES string of the molecule is N#C[C@](CSc1ccccc1)(C(=O)c1ccccc1)[C@@H](c1ccccc1)c1nccc2ccccc12. The molecule has 174 valence electrons. The Morgan fingerprint density at radius 3 is 2.11 bits per heavy atom. The standard InChI is InChI=1S/C32H24N2OS/c33-22-32(23-36-27-17-8-3-9-18-27,31(35)26-15-6-2-7-16-26)29(25-13-4-1-5-14-25)30-28-19-11-10-12-24(28)20-21-34-30/h1-21,29H,23H2/t29-,32+/m0/s1. The first-order valence-electron chi connectivity index (χ1n) is 11.8. The van der Waals surface area contributed by atoms with Gasteiger partial charge in [-0.3, -0.25) is 9.78 Å². The minimum absolute atomic E-state index is 0.197. The number of rotatable bonds is 8. The molecule has 5 aromatic rings. The third kappa shape index (κ3) is 4.54. The number of benzene rings is 4. The van der Waals surface area contributed by atoms with Gasteiger partial charge in [0.05, 0.1) is 17.7 Å². The molecule has 0 fully saturated rings. The van der Waals surface area contributed by atoms with Crippen LogP contribution in [-0.2, 0) is 0 Å². The number of aromatic nitrogens is 1. The van der Waals surface area contributed by atoms with Crippen LogP contribution in [0.1, 0.15) is 27.5 Å². The van der Waals surface area contributed by atoms with Gasteiger partial charge in [0.15, 0.2) is 5.78 Å². The van der Waals surface area contributed by atoms with Crippen molar-refractivity contribution in [1.82, 2.24) is 4.98 Å². The zero-order valence-corrected chi connectivity index (χ0v) is 20.4. The molecule has 3 nitrogen and oxygen atoms in total. The molecular weight excluding hydrogens is 460 g/mol. The summed E-state index contributed by atoms with van der Waals surface area (Å²) in [4.78, 5) is 20.2.